The number of hydrogen-bond donors (Lipinski definition) is 1. The van der Waals surface area contributed by atoms with Crippen molar-refractivity contribution in [3.63, 3.8) is 0 Å². The number of aryl methyl sites for hydroxylation is 1. The molecule has 1 aliphatic carbocycles. The Bertz CT molecular complexity index is 607. The summed E-state index contributed by atoms with van der Waals surface area (Å²) in [4.78, 5) is 10.8. The molecule has 102 valence electrons. The first-order chi connectivity index (χ1) is 9.06. The lowest BCUT2D eigenvalue weighted by molar-refractivity contribution is 0.0464. The second kappa shape index (κ2) is 4.72. The number of fused-ring (bicyclic) bond motifs is 1. The zero-order chi connectivity index (χ0) is 13.6. The van der Waals surface area contributed by atoms with Gasteiger partial charge in [-0.25, -0.2) is 14.6 Å². The van der Waals surface area contributed by atoms with Crippen LogP contribution in [0.4, 0.5) is 5.82 Å². The fourth-order valence-corrected chi connectivity index (χ4v) is 3.23. The van der Waals surface area contributed by atoms with Crippen LogP contribution >= 0.6 is 15.9 Å². The van der Waals surface area contributed by atoms with E-state index in [9.17, 15) is 5.11 Å². The molecule has 19 heavy (non-hydrogen) atoms. The Hall–Kier alpha value is -1.21. The normalized spacial score (nSPS) is 22.5. The Balaban J connectivity index is 1.91. The van der Waals surface area contributed by atoms with Gasteiger partial charge in [-0.05, 0) is 34.7 Å². The lowest BCUT2D eigenvalue weighted by Gasteiger charge is -2.34. The topological polar surface area (TPSA) is 67.1 Å². The van der Waals surface area contributed by atoms with Gasteiger partial charge in [0, 0.05) is 20.6 Å². The largest absolute Gasteiger partial charge is 0.393 e. The monoisotopic (exact) mass is 325 g/mol. The highest BCUT2D eigenvalue weighted by atomic mass is 79.9. The molecule has 1 fully saturated rings. The summed E-state index contributed by atoms with van der Waals surface area (Å²) in [7, 11) is 3.89. The van der Waals surface area contributed by atoms with E-state index < -0.39 is 0 Å². The van der Waals surface area contributed by atoms with Crippen LogP contribution in [0.1, 0.15) is 12.8 Å². The number of anilines is 1. The van der Waals surface area contributed by atoms with E-state index >= 15 is 0 Å². The lowest BCUT2D eigenvalue weighted by atomic mass is 9.82. The van der Waals surface area contributed by atoms with E-state index in [1.54, 1.807) is 11.0 Å². The van der Waals surface area contributed by atoms with Gasteiger partial charge < -0.3 is 10.0 Å². The average molecular weight is 326 g/mol. The van der Waals surface area contributed by atoms with Crippen molar-refractivity contribution in [1.29, 1.82) is 0 Å². The summed E-state index contributed by atoms with van der Waals surface area (Å²) < 4.78 is 2.51. The van der Waals surface area contributed by atoms with Gasteiger partial charge >= 0.3 is 0 Å². The average Bonchev–Trinajstić information content (AvgIpc) is 2.63. The Labute approximate surface area is 119 Å². The summed E-state index contributed by atoms with van der Waals surface area (Å²) in [5.41, 5.74) is 0.817. The van der Waals surface area contributed by atoms with Gasteiger partial charge in [0.1, 0.15) is 16.7 Å². The molecule has 1 aliphatic rings. The number of aliphatic hydroxyl groups is 1. The number of nitrogens with zero attached hydrogens (tertiary/aromatic N) is 5. The Morgan fingerprint density at radius 1 is 1.47 bits per heavy atom. The molecule has 0 unspecified atom stereocenters. The maximum absolute atomic E-state index is 9.36. The maximum atomic E-state index is 9.36. The van der Waals surface area contributed by atoms with Gasteiger partial charge in [-0.2, -0.15) is 5.10 Å². The standard InChI is InChI=1S/C12H16BrN5O/c1-17(5-7-3-8(19)4-7)11-9-10(13)16-18(2)12(9)15-6-14-11/h6-8,19H,3-5H2,1-2H3. The van der Waals surface area contributed by atoms with Gasteiger partial charge in [-0.15, -0.1) is 0 Å². The molecule has 1 saturated carbocycles. The van der Waals surface area contributed by atoms with Crippen LogP contribution in [0, 0.1) is 5.92 Å². The molecule has 3 rings (SSSR count). The molecule has 0 amide bonds. The fraction of sp³-hybridized carbons (Fsp3) is 0.583. The second-order valence-electron chi connectivity index (χ2n) is 5.18. The van der Waals surface area contributed by atoms with Gasteiger partial charge in [-0.3, -0.25) is 0 Å². The van der Waals surface area contributed by atoms with Crippen molar-refractivity contribution in [3.8, 4) is 0 Å². The maximum Gasteiger partial charge on any atom is 0.164 e. The van der Waals surface area contributed by atoms with Crippen molar-refractivity contribution in [2.24, 2.45) is 13.0 Å². The van der Waals surface area contributed by atoms with Crippen LogP contribution in [0.15, 0.2) is 10.9 Å². The minimum Gasteiger partial charge on any atom is -0.393 e. The first-order valence-corrected chi connectivity index (χ1v) is 7.08. The minimum atomic E-state index is -0.117. The van der Waals surface area contributed by atoms with Gasteiger partial charge in [-0.1, -0.05) is 0 Å². The second-order valence-corrected chi connectivity index (χ2v) is 5.93. The Morgan fingerprint density at radius 2 is 2.21 bits per heavy atom. The summed E-state index contributed by atoms with van der Waals surface area (Å²) in [5.74, 6) is 1.42. The number of aromatic nitrogens is 4. The van der Waals surface area contributed by atoms with E-state index in [2.05, 4.69) is 35.9 Å². The van der Waals surface area contributed by atoms with Gasteiger partial charge in [0.05, 0.1) is 11.5 Å². The van der Waals surface area contributed by atoms with Crippen molar-refractivity contribution in [3.05, 3.63) is 10.9 Å². The first kappa shape index (κ1) is 12.8. The zero-order valence-electron chi connectivity index (χ0n) is 10.9. The SMILES string of the molecule is CN(CC1CC(O)C1)c1ncnc2c1c(Br)nn2C. The molecule has 2 aromatic heterocycles. The van der Waals surface area contributed by atoms with E-state index in [0.29, 0.717) is 5.92 Å². The number of halogens is 1. The van der Waals surface area contributed by atoms with Crippen molar-refractivity contribution in [2.45, 2.75) is 18.9 Å². The van der Waals surface area contributed by atoms with Gasteiger partial charge in [0.15, 0.2) is 5.65 Å². The van der Waals surface area contributed by atoms with Crippen molar-refractivity contribution < 1.29 is 5.11 Å². The predicted molar refractivity (Wildman–Crippen MR) is 76.0 cm³/mol. The van der Waals surface area contributed by atoms with Crippen LogP contribution in [0.25, 0.3) is 11.0 Å². The van der Waals surface area contributed by atoms with Gasteiger partial charge in [0.25, 0.3) is 0 Å². The lowest BCUT2D eigenvalue weighted by Crippen LogP contribution is -2.37. The molecular weight excluding hydrogens is 310 g/mol. The zero-order valence-corrected chi connectivity index (χ0v) is 12.5. The number of aliphatic hydroxyl groups excluding tert-OH is 1. The van der Waals surface area contributed by atoms with E-state index in [4.69, 9.17) is 0 Å². The van der Waals surface area contributed by atoms with Crippen LogP contribution in [0.2, 0.25) is 0 Å². The summed E-state index contributed by atoms with van der Waals surface area (Å²) >= 11 is 3.47. The highest BCUT2D eigenvalue weighted by molar-refractivity contribution is 9.10. The van der Waals surface area contributed by atoms with Gasteiger partial charge in [0.2, 0.25) is 0 Å². The fourth-order valence-electron chi connectivity index (χ4n) is 2.64. The third-order valence-corrected chi connectivity index (χ3v) is 4.22. The molecule has 0 radical (unpaired) electrons. The summed E-state index contributed by atoms with van der Waals surface area (Å²) in [5, 5.41) is 14.6. The van der Waals surface area contributed by atoms with E-state index in [1.807, 2.05) is 14.1 Å². The quantitative estimate of drug-likeness (QED) is 0.922. The molecule has 0 aromatic carbocycles. The third-order valence-electron chi connectivity index (χ3n) is 3.66. The summed E-state index contributed by atoms with van der Waals surface area (Å²) in [6, 6.07) is 0. The van der Waals surface area contributed by atoms with Crippen LogP contribution in [0.5, 0.6) is 0 Å². The van der Waals surface area contributed by atoms with E-state index in [1.165, 1.54) is 0 Å². The highest BCUT2D eigenvalue weighted by Gasteiger charge is 2.29. The molecular formula is C12H16BrN5O. The highest BCUT2D eigenvalue weighted by Crippen LogP contribution is 2.32. The van der Waals surface area contributed by atoms with Crippen molar-refractivity contribution >= 4 is 32.8 Å². The van der Waals surface area contributed by atoms with Crippen molar-refractivity contribution in [2.75, 3.05) is 18.5 Å². The predicted octanol–water partition coefficient (Wildman–Crippen LogP) is 1.33. The van der Waals surface area contributed by atoms with E-state index in [-0.39, 0.29) is 6.10 Å². The summed E-state index contributed by atoms with van der Waals surface area (Å²) in [6.45, 7) is 0.893. The molecule has 0 atom stereocenters. The molecule has 0 spiro atoms. The van der Waals surface area contributed by atoms with Crippen LogP contribution < -0.4 is 4.90 Å². The minimum absolute atomic E-state index is 0.117. The molecule has 2 heterocycles. The summed E-state index contributed by atoms with van der Waals surface area (Å²) in [6.07, 6.45) is 3.21. The molecule has 7 heteroatoms. The van der Waals surface area contributed by atoms with E-state index in [0.717, 1.165) is 40.8 Å². The number of hydrogen-bond acceptors (Lipinski definition) is 5. The van der Waals surface area contributed by atoms with Crippen LogP contribution in [-0.2, 0) is 7.05 Å². The van der Waals surface area contributed by atoms with Crippen LogP contribution in [-0.4, -0.2) is 44.6 Å². The van der Waals surface area contributed by atoms with Crippen LogP contribution in [0.3, 0.4) is 0 Å². The smallest absolute Gasteiger partial charge is 0.164 e. The molecule has 0 aliphatic heterocycles. The number of rotatable bonds is 3. The van der Waals surface area contributed by atoms with Crippen molar-refractivity contribution in [1.82, 2.24) is 19.7 Å². The molecule has 1 N–H and O–H groups in total. The molecule has 0 saturated heterocycles. The Kier molecular flexibility index (Phi) is 3.18. The molecule has 6 nitrogen and oxygen atoms in total. The molecule has 0 bridgehead atoms. The Morgan fingerprint density at radius 3 is 2.89 bits per heavy atom. The third kappa shape index (κ3) is 2.21. The first-order valence-electron chi connectivity index (χ1n) is 6.28. The molecule has 2 aromatic rings.